The van der Waals surface area contributed by atoms with Gasteiger partial charge in [0.15, 0.2) is 18.5 Å². The number of hydrogen-bond acceptors (Lipinski definition) is 11. The van der Waals surface area contributed by atoms with Crippen LogP contribution in [0.3, 0.4) is 0 Å². The summed E-state index contributed by atoms with van der Waals surface area (Å²) < 4.78 is 23.8. The molecular formula is C49H52BrN5O10S. The summed E-state index contributed by atoms with van der Waals surface area (Å²) in [6.07, 6.45) is 3.21. The van der Waals surface area contributed by atoms with Gasteiger partial charge in [-0.1, -0.05) is 66.7 Å². The molecule has 2 N–H and O–H groups in total. The van der Waals surface area contributed by atoms with Crippen LogP contribution in [0.5, 0.6) is 5.75 Å². The average molecular weight is 983 g/mol. The number of β-lactam (4-membered cyclic amide) rings is 1. The van der Waals surface area contributed by atoms with Crippen molar-refractivity contribution in [2.45, 2.75) is 89.8 Å². The second-order valence-corrected chi connectivity index (χ2v) is 18.8. The highest BCUT2D eigenvalue weighted by molar-refractivity contribution is 8.00. The number of halogens is 1. The van der Waals surface area contributed by atoms with Gasteiger partial charge in [0.25, 0.3) is 11.8 Å². The van der Waals surface area contributed by atoms with Crippen LogP contribution in [-0.4, -0.2) is 80.7 Å². The number of nitrogens with zero attached hydrogens (tertiary/aromatic N) is 3. The molecule has 0 aliphatic carbocycles. The summed E-state index contributed by atoms with van der Waals surface area (Å²) in [5, 5.41) is 4.87. The molecule has 4 amide bonds. The van der Waals surface area contributed by atoms with Crippen molar-refractivity contribution in [3.63, 3.8) is 0 Å². The van der Waals surface area contributed by atoms with Gasteiger partial charge in [-0.2, -0.15) is 4.57 Å². The number of fused-ring (bicyclic) bond motifs is 1. The van der Waals surface area contributed by atoms with E-state index in [0.29, 0.717) is 36.3 Å². The summed E-state index contributed by atoms with van der Waals surface area (Å²) in [5.41, 5.74) is 2.22. The standard InChI is InChI=1S/C49H51N5O10S.BrH/c1-48(2,3)63-46(59)51-39-43(57)54-40(45(58)62-41(32-14-9-7-10-15-32)33-16-11-8-12-17-33)35(30-65-44(39)54)26-34-22-25-53(42(34)56)28-31-20-23-52(24-21-31)29-38(55)50-36-18-13-19-37(27-36)61-47(60)64-49(4,5)6;/h7-21,23-24,26-27,39,41,44H,22,25,28-30H2,1-6H3,(H-,50,51,55,59);1H. The Labute approximate surface area is 398 Å². The quantitative estimate of drug-likeness (QED) is 0.0525. The van der Waals surface area contributed by atoms with Crippen LogP contribution < -0.4 is 36.9 Å². The van der Waals surface area contributed by atoms with Crippen LogP contribution in [0.25, 0.3) is 0 Å². The normalized spacial score (nSPS) is 17.7. The predicted octanol–water partition coefficient (Wildman–Crippen LogP) is 3.98. The van der Waals surface area contributed by atoms with E-state index in [1.807, 2.05) is 72.8 Å². The molecule has 3 aliphatic heterocycles. The number of thioether (sulfide) groups is 1. The van der Waals surface area contributed by atoms with Crippen LogP contribution in [0.4, 0.5) is 15.3 Å². The Morgan fingerprint density at radius 3 is 2.11 bits per heavy atom. The van der Waals surface area contributed by atoms with Crippen molar-refractivity contribution in [2.24, 2.45) is 0 Å². The molecule has 3 aliphatic rings. The molecule has 0 radical (unpaired) electrons. The van der Waals surface area contributed by atoms with Crippen molar-refractivity contribution >= 4 is 53.4 Å². The Hall–Kier alpha value is -6.46. The first-order valence-electron chi connectivity index (χ1n) is 21.2. The number of amides is 4. The van der Waals surface area contributed by atoms with Crippen LogP contribution in [0.15, 0.2) is 132 Å². The molecule has 2 saturated heterocycles. The minimum atomic E-state index is -0.933. The number of alkyl carbamates (subject to hydrolysis) is 1. The number of esters is 1. The zero-order chi connectivity index (χ0) is 46.5. The summed E-state index contributed by atoms with van der Waals surface area (Å²) in [4.78, 5) is 83.1. The van der Waals surface area contributed by atoms with Crippen molar-refractivity contribution in [2.75, 3.05) is 17.6 Å². The molecule has 7 rings (SSSR count). The second-order valence-electron chi connectivity index (χ2n) is 17.7. The lowest BCUT2D eigenvalue weighted by Gasteiger charge is -2.49. The molecule has 15 nitrogen and oxygen atoms in total. The first-order valence-corrected chi connectivity index (χ1v) is 22.2. The van der Waals surface area contributed by atoms with E-state index in [4.69, 9.17) is 18.9 Å². The van der Waals surface area contributed by atoms with E-state index < -0.39 is 52.8 Å². The highest BCUT2D eigenvalue weighted by Crippen LogP contribution is 2.43. The number of carbonyl (C=O) groups excluding carboxylic acids is 6. The molecule has 2 fully saturated rings. The number of aromatic nitrogens is 1. The zero-order valence-electron chi connectivity index (χ0n) is 37.4. The molecule has 4 aromatic rings. The molecule has 17 heteroatoms. The van der Waals surface area contributed by atoms with E-state index in [1.165, 1.54) is 22.7 Å². The SMILES string of the molecule is CC(C)(C)OC(=O)NC1C(=O)N2C(C(=O)OC(c3ccccc3)c3ccccc3)=C(C=C3CCN(Cc4cc[n+](CC(=O)Nc5cccc(OC(=O)OC(C)(C)C)c5)cc4)C3=O)CSC12.[Br-]. The first kappa shape index (κ1) is 49.0. The van der Waals surface area contributed by atoms with E-state index in [0.717, 1.165) is 16.7 Å². The smallest absolute Gasteiger partial charge is 0.514 e. The molecule has 346 valence electrons. The number of ether oxygens (including phenoxy) is 4. The molecule has 66 heavy (non-hydrogen) atoms. The minimum Gasteiger partial charge on any atom is -1.00 e. The summed E-state index contributed by atoms with van der Waals surface area (Å²) in [7, 11) is 0. The Morgan fingerprint density at radius 1 is 0.848 bits per heavy atom. The third-order valence-corrected chi connectivity index (χ3v) is 11.5. The van der Waals surface area contributed by atoms with Crippen molar-refractivity contribution in [3.05, 3.63) is 149 Å². The third kappa shape index (κ3) is 12.5. The summed E-state index contributed by atoms with van der Waals surface area (Å²) in [6, 6.07) is 27.8. The molecular weight excluding hydrogens is 931 g/mol. The number of rotatable bonds is 12. The number of benzene rings is 3. The maximum atomic E-state index is 14.5. The van der Waals surface area contributed by atoms with Gasteiger partial charge in [0.1, 0.15) is 34.1 Å². The fraction of sp³-hybridized carbons (Fsp3) is 0.327. The molecule has 1 aromatic heterocycles. The fourth-order valence-electron chi connectivity index (χ4n) is 7.38. The lowest BCUT2D eigenvalue weighted by molar-refractivity contribution is -0.684. The maximum Gasteiger partial charge on any atom is 0.514 e. The van der Waals surface area contributed by atoms with Crippen molar-refractivity contribution < 1.29 is 69.3 Å². The number of hydrogen-bond donors (Lipinski definition) is 2. The van der Waals surface area contributed by atoms with Gasteiger partial charge in [-0.05, 0) is 88.4 Å². The topological polar surface area (TPSA) is 174 Å². The van der Waals surface area contributed by atoms with Crippen LogP contribution in [-0.2, 0) is 46.5 Å². The maximum absolute atomic E-state index is 14.5. The molecule has 2 unspecified atom stereocenters. The van der Waals surface area contributed by atoms with E-state index in [2.05, 4.69) is 10.6 Å². The van der Waals surface area contributed by atoms with E-state index >= 15 is 0 Å². The zero-order valence-corrected chi connectivity index (χ0v) is 39.9. The summed E-state index contributed by atoms with van der Waals surface area (Å²) in [5.74, 6) is -1.27. The minimum absolute atomic E-state index is 0. The van der Waals surface area contributed by atoms with Crippen molar-refractivity contribution in [3.8, 4) is 5.75 Å². The van der Waals surface area contributed by atoms with E-state index in [-0.39, 0.29) is 52.5 Å². The van der Waals surface area contributed by atoms with Gasteiger partial charge < -0.3 is 51.5 Å². The van der Waals surface area contributed by atoms with Crippen LogP contribution in [0.1, 0.15) is 70.8 Å². The number of allylic oxidation sites excluding steroid dienone is 1. The van der Waals surface area contributed by atoms with Crippen molar-refractivity contribution in [1.29, 1.82) is 0 Å². The van der Waals surface area contributed by atoms with Crippen LogP contribution in [0, 0.1) is 0 Å². The lowest BCUT2D eigenvalue weighted by atomic mass is 10.00. The predicted molar refractivity (Wildman–Crippen MR) is 241 cm³/mol. The number of pyridine rings is 1. The molecule has 0 bridgehead atoms. The molecule has 0 saturated carbocycles. The van der Waals surface area contributed by atoms with Gasteiger partial charge in [-0.25, -0.2) is 14.4 Å². The van der Waals surface area contributed by atoms with Gasteiger partial charge in [-0.15, -0.1) is 11.8 Å². The molecule has 4 heterocycles. The molecule has 2 atom stereocenters. The van der Waals surface area contributed by atoms with E-state index in [9.17, 15) is 28.8 Å². The van der Waals surface area contributed by atoms with Gasteiger partial charge in [0, 0.05) is 48.3 Å². The number of anilines is 1. The Balaban J connectivity index is 0.00000720. The van der Waals surface area contributed by atoms with E-state index in [1.54, 1.807) is 87.7 Å². The Morgan fingerprint density at radius 2 is 1.48 bits per heavy atom. The average Bonchev–Trinajstić information content (AvgIpc) is 3.58. The fourth-order valence-corrected chi connectivity index (χ4v) is 8.68. The number of carbonyl (C=O) groups is 6. The largest absolute Gasteiger partial charge is 1.00 e. The van der Waals surface area contributed by atoms with Gasteiger partial charge in [-0.3, -0.25) is 19.3 Å². The van der Waals surface area contributed by atoms with Gasteiger partial charge in [0.2, 0.25) is 12.5 Å². The molecule has 0 spiro atoms. The van der Waals surface area contributed by atoms with Crippen molar-refractivity contribution in [1.82, 2.24) is 15.1 Å². The molecule has 3 aromatic carbocycles. The third-order valence-electron chi connectivity index (χ3n) is 10.2. The summed E-state index contributed by atoms with van der Waals surface area (Å²) in [6.45, 7) is 11.1. The van der Waals surface area contributed by atoms with Crippen LogP contribution in [0.2, 0.25) is 0 Å². The Bertz CT molecular complexity index is 2480. The van der Waals surface area contributed by atoms with Crippen LogP contribution >= 0.6 is 11.8 Å². The number of nitrogens with one attached hydrogen (secondary N) is 2. The highest BCUT2D eigenvalue weighted by Gasteiger charge is 2.55. The highest BCUT2D eigenvalue weighted by atomic mass is 79.9. The van der Waals surface area contributed by atoms with Gasteiger partial charge >= 0.3 is 18.2 Å². The van der Waals surface area contributed by atoms with Gasteiger partial charge in [0.05, 0.1) is 0 Å². The Kier molecular flexibility index (Phi) is 15.4. The number of likely N-dealkylation sites (tertiary alicyclic amines) is 1. The monoisotopic (exact) mass is 981 g/mol. The lowest BCUT2D eigenvalue weighted by Crippen LogP contribution is -3.00. The second kappa shape index (κ2) is 20.8. The first-order chi connectivity index (χ1) is 30.9. The summed E-state index contributed by atoms with van der Waals surface area (Å²) >= 11 is 1.37.